The van der Waals surface area contributed by atoms with Gasteiger partial charge in [-0.2, -0.15) is 0 Å². The van der Waals surface area contributed by atoms with E-state index in [1.807, 2.05) is 13.0 Å². The lowest BCUT2D eigenvalue weighted by atomic mass is 10.2. The Bertz CT molecular complexity index is 739. The van der Waals surface area contributed by atoms with Crippen molar-refractivity contribution in [3.8, 4) is 0 Å². The predicted molar refractivity (Wildman–Crippen MR) is 104 cm³/mol. The maximum Gasteiger partial charge on any atom is 0.240 e. The van der Waals surface area contributed by atoms with Crippen molar-refractivity contribution in [2.24, 2.45) is 5.92 Å². The van der Waals surface area contributed by atoms with Crippen LogP contribution in [0.15, 0.2) is 41.6 Å². The number of benzene rings is 1. The highest BCUT2D eigenvalue weighted by molar-refractivity contribution is 7.89. The molecule has 0 bridgehead atoms. The first-order valence-electron chi connectivity index (χ1n) is 7.45. The molecule has 1 heterocycles. The molecule has 0 aliphatic heterocycles. The Hall–Kier alpha value is -0.920. The third-order valence-electron chi connectivity index (χ3n) is 3.28. The van der Waals surface area contributed by atoms with E-state index in [1.165, 1.54) is 0 Å². The Labute approximate surface area is 156 Å². The molecule has 0 amide bonds. The Morgan fingerprint density at radius 2 is 1.75 bits per heavy atom. The Morgan fingerprint density at radius 3 is 2.42 bits per heavy atom. The third kappa shape index (κ3) is 6.53. The van der Waals surface area contributed by atoms with Crippen molar-refractivity contribution < 1.29 is 8.42 Å². The first-order chi connectivity index (χ1) is 10.4. The van der Waals surface area contributed by atoms with E-state index in [0.717, 1.165) is 17.3 Å². The minimum Gasteiger partial charge on any atom is -0.315 e. The average molecular weight is 394 g/mol. The topological polar surface area (TPSA) is 71.1 Å². The molecule has 0 aliphatic rings. The summed E-state index contributed by atoms with van der Waals surface area (Å²) in [6.45, 7) is 7.57. The fraction of sp³-hybridized carbons (Fsp3) is 0.438. The molecule has 5 nitrogen and oxygen atoms in total. The molecule has 1 aromatic heterocycles. The lowest BCUT2D eigenvalue weighted by Gasteiger charge is -2.16. The van der Waals surface area contributed by atoms with Gasteiger partial charge in [-0.3, -0.25) is 4.98 Å². The van der Waals surface area contributed by atoms with Crippen LogP contribution in [0.25, 0.3) is 10.8 Å². The summed E-state index contributed by atoms with van der Waals surface area (Å²) in [5, 5.41) is 5.04. The van der Waals surface area contributed by atoms with E-state index in [1.54, 1.807) is 30.6 Å². The van der Waals surface area contributed by atoms with Crippen LogP contribution in [0.3, 0.4) is 0 Å². The fourth-order valence-electron chi connectivity index (χ4n) is 2.19. The fourth-order valence-corrected chi connectivity index (χ4v) is 3.47. The minimum absolute atomic E-state index is 0. The minimum atomic E-state index is -3.51. The van der Waals surface area contributed by atoms with Crippen LogP contribution in [-0.2, 0) is 10.0 Å². The zero-order chi connectivity index (χ0) is 16.2. The maximum atomic E-state index is 12.4. The summed E-state index contributed by atoms with van der Waals surface area (Å²) in [5.74, 6) is 0.540. The van der Waals surface area contributed by atoms with E-state index >= 15 is 0 Å². The second kappa shape index (κ2) is 10.2. The molecular formula is C16H25Cl2N3O2S. The van der Waals surface area contributed by atoms with Gasteiger partial charge in [0.25, 0.3) is 0 Å². The van der Waals surface area contributed by atoms with Gasteiger partial charge in [0.05, 0.1) is 4.90 Å². The molecule has 0 spiro atoms. The standard InChI is InChI=1S/C16H23N3O2S.2ClH/c1-12(2)9-18-10-13(3)19-22(20,21)16-5-4-15-11-17-7-6-14(15)8-16;;/h4-8,11-13,18-19H,9-10H2,1-3H3;2*1H. The Kier molecular flexibility index (Phi) is 9.77. The summed E-state index contributed by atoms with van der Waals surface area (Å²) in [7, 11) is -3.51. The van der Waals surface area contributed by atoms with E-state index < -0.39 is 10.0 Å². The lowest BCUT2D eigenvalue weighted by molar-refractivity contribution is 0.502. The van der Waals surface area contributed by atoms with Gasteiger partial charge in [-0.05, 0) is 43.0 Å². The first-order valence-corrected chi connectivity index (χ1v) is 8.93. The largest absolute Gasteiger partial charge is 0.315 e. The normalized spacial score (nSPS) is 12.5. The van der Waals surface area contributed by atoms with Gasteiger partial charge in [0, 0.05) is 30.4 Å². The number of fused-ring (bicyclic) bond motifs is 1. The number of halogens is 2. The monoisotopic (exact) mass is 393 g/mol. The molecule has 1 unspecified atom stereocenters. The molecule has 1 aromatic carbocycles. The number of hydrogen-bond acceptors (Lipinski definition) is 4. The van der Waals surface area contributed by atoms with Gasteiger partial charge < -0.3 is 5.32 Å². The molecule has 0 saturated carbocycles. The van der Waals surface area contributed by atoms with Crippen LogP contribution in [-0.4, -0.2) is 32.5 Å². The lowest BCUT2D eigenvalue weighted by Crippen LogP contribution is -2.40. The zero-order valence-electron chi connectivity index (χ0n) is 14.0. The predicted octanol–water partition coefficient (Wildman–Crippen LogP) is 2.99. The SMILES string of the molecule is CC(C)CNCC(C)NS(=O)(=O)c1ccc2cnccc2c1.Cl.Cl. The summed E-state index contributed by atoms with van der Waals surface area (Å²) in [6, 6.07) is 6.70. The van der Waals surface area contributed by atoms with Crippen molar-refractivity contribution in [2.45, 2.75) is 31.7 Å². The van der Waals surface area contributed by atoms with E-state index in [2.05, 4.69) is 28.9 Å². The molecule has 2 N–H and O–H groups in total. The average Bonchev–Trinajstić information content (AvgIpc) is 2.45. The Morgan fingerprint density at radius 1 is 1.04 bits per heavy atom. The summed E-state index contributed by atoms with van der Waals surface area (Å²) in [5.41, 5.74) is 0. The molecule has 0 radical (unpaired) electrons. The van der Waals surface area contributed by atoms with E-state index in [0.29, 0.717) is 12.5 Å². The second-order valence-corrected chi connectivity index (χ2v) is 7.67. The summed E-state index contributed by atoms with van der Waals surface area (Å²) >= 11 is 0. The van der Waals surface area contributed by atoms with E-state index in [9.17, 15) is 8.42 Å². The van der Waals surface area contributed by atoms with Gasteiger partial charge in [0.1, 0.15) is 0 Å². The van der Waals surface area contributed by atoms with Crippen molar-refractivity contribution in [3.63, 3.8) is 0 Å². The number of pyridine rings is 1. The van der Waals surface area contributed by atoms with Crippen molar-refractivity contribution >= 4 is 45.6 Å². The molecular weight excluding hydrogens is 369 g/mol. The van der Waals surface area contributed by atoms with Crippen molar-refractivity contribution in [2.75, 3.05) is 13.1 Å². The van der Waals surface area contributed by atoms with Gasteiger partial charge in [-0.1, -0.05) is 19.9 Å². The highest BCUT2D eigenvalue weighted by Gasteiger charge is 2.17. The number of nitrogens with zero attached hydrogens (tertiary/aromatic N) is 1. The first kappa shape index (κ1) is 23.1. The molecule has 24 heavy (non-hydrogen) atoms. The maximum absolute atomic E-state index is 12.4. The van der Waals surface area contributed by atoms with Crippen LogP contribution in [0, 0.1) is 5.92 Å². The molecule has 0 saturated heterocycles. The molecule has 2 aromatic rings. The van der Waals surface area contributed by atoms with Crippen LogP contribution in [0.1, 0.15) is 20.8 Å². The van der Waals surface area contributed by atoms with Gasteiger partial charge in [0.2, 0.25) is 10.0 Å². The molecule has 8 heteroatoms. The molecule has 0 aliphatic carbocycles. The second-order valence-electron chi connectivity index (χ2n) is 5.96. The highest BCUT2D eigenvalue weighted by Crippen LogP contribution is 2.18. The summed E-state index contributed by atoms with van der Waals surface area (Å²) in [4.78, 5) is 4.31. The van der Waals surface area contributed by atoms with E-state index in [-0.39, 0.29) is 35.8 Å². The number of sulfonamides is 1. The van der Waals surface area contributed by atoms with Crippen molar-refractivity contribution in [3.05, 3.63) is 36.7 Å². The summed E-state index contributed by atoms with van der Waals surface area (Å²) < 4.78 is 27.6. The summed E-state index contributed by atoms with van der Waals surface area (Å²) in [6.07, 6.45) is 3.38. The quantitative estimate of drug-likeness (QED) is 0.758. The number of hydrogen-bond donors (Lipinski definition) is 2. The van der Waals surface area contributed by atoms with Crippen LogP contribution in [0.2, 0.25) is 0 Å². The van der Waals surface area contributed by atoms with Gasteiger partial charge in [0.15, 0.2) is 0 Å². The smallest absolute Gasteiger partial charge is 0.240 e. The van der Waals surface area contributed by atoms with Gasteiger partial charge >= 0.3 is 0 Å². The zero-order valence-corrected chi connectivity index (χ0v) is 16.5. The molecule has 0 fully saturated rings. The van der Waals surface area contributed by atoms with Crippen LogP contribution in [0.4, 0.5) is 0 Å². The van der Waals surface area contributed by atoms with Crippen LogP contribution >= 0.6 is 24.8 Å². The van der Waals surface area contributed by atoms with Crippen molar-refractivity contribution in [1.82, 2.24) is 15.0 Å². The van der Waals surface area contributed by atoms with Gasteiger partial charge in [-0.15, -0.1) is 24.8 Å². The number of rotatable bonds is 7. The molecule has 2 rings (SSSR count). The van der Waals surface area contributed by atoms with Crippen molar-refractivity contribution in [1.29, 1.82) is 0 Å². The van der Waals surface area contributed by atoms with Crippen LogP contribution in [0.5, 0.6) is 0 Å². The molecule has 1 atom stereocenters. The highest BCUT2D eigenvalue weighted by atomic mass is 35.5. The van der Waals surface area contributed by atoms with E-state index in [4.69, 9.17) is 0 Å². The Balaban J connectivity index is 0.00000264. The number of nitrogens with one attached hydrogen (secondary N) is 2. The van der Waals surface area contributed by atoms with Crippen LogP contribution < -0.4 is 10.0 Å². The molecule has 136 valence electrons. The van der Waals surface area contributed by atoms with Gasteiger partial charge in [-0.25, -0.2) is 13.1 Å². The third-order valence-corrected chi connectivity index (χ3v) is 4.87. The number of aromatic nitrogens is 1.